The van der Waals surface area contributed by atoms with Gasteiger partial charge in [0.2, 0.25) is 5.88 Å². The lowest BCUT2D eigenvalue weighted by Crippen LogP contribution is -2.01. The molecular formula is C13H7FN2O3. The number of hydrogen-bond acceptors (Lipinski definition) is 4. The van der Waals surface area contributed by atoms with E-state index in [1.165, 1.54) is 30.3 Å². The Kier molecular flexibility index (Phi) is 3.39. The van der Waals surface area contributed by atoms with Gasteiger partial charge in [-0.1, -0.05) is 6.07 Å². The second kappa shape index (κ2) is 5.14. The summed E-state index contributed by atoms with van der Waals surface area (Å²) in [6, 6.07) is 9.63. The number of carboxylic acids is 1. The van der Waals surface area contributed by atoms with E-state index in [4.69, 9.17) is 15.1 Å². The third kappa shape index (κ3) is 2.84. The molecule has 0 aliphatic heterocycles. The van der Waals surface area contributed by atoms with Crippen LogP contribution < -0.4 is 4.74 Å². The van der Waals surface area contributed by atoms with E-state index in [9.17, 15) is 9.18 Å². The molecule has 0 fully saturated rings. The molecular weight excluding hydrogens is 251 g/mol. The van der Waals surface area contributed by atoms with E-state index in [-0.39, 0.29) is 22.9 Å². The molecule has 1 heterocycles. The van der Waals surface area contributed by atoms with E-state index in [2.05, 4.69) is 4.98 Å². The summed E-state index contributed by atoms with van der Waals surface area (Å²) in [5.74, 6) is -2.09. The number of nitriles is 1. The van der Waals surface area contributed by atoms with E-state index in [0.29, 0.717) is 0 Å². The van der Waals surface area contributed by atoms with Gasteiger partial charge >= 0.3 is 5.97 Å². The zero-order chi connectivity index (χ0) is 13.8. The van der Waals surface area contributed by atoms with Gasteiger partial charge in [-0.2, -0.15) is 5.26 Å². The van der Waals surface area contributed by atoms with Crippen LogP contribution in [0, 0.1) is 17.1 Å². The predicted molar refractivity (Wildman–Crippen MR) is 62.4 cm³/mol. The van der Waals surface area contributed by atoms with Crippen LogP contribution in [0.1, 0.15) is 16.1 Å². The summed E-state index contributed by atoms with van der Waals surface area (Å²) in [4.78, 5) is 14.4. The topological polar surface area (TPSA) is 83.2 Å². The van der Waals surface area contributed by atoms with Crippen LogP contribution in [0.2, 0.25) is 0 Å². The van der Waals surface area contributed by atoms with Crippen molar-refractivity contribution in [1.82, 2.24) is 4.98 Å². The molecule has 0 saturated heterocycles. The molecule has 0 unspecified atom stereocenters. The molecule has 1 N–H and O–H groups in total. The monoisotopic (exact) mass is 258 g/mol. The SMILES string of the molecule is N#Cc1ccc(Oc2cccc(C(=O)O)n2)c(F)c1. The summed E-state index contributed by atoms with van der Waals surface area (Å²) in [5.41, 5.74) is -0.0383. The number of ether oxygens (including phenoxy) is 1. The highest BCUT2D eigenvalue weighted by atomic mass is 19.1. The molecule has 1 aromatic carbocycles. The first kappa shape index (κ1) is 12.5. The summed E-state index contributed by atoms with van der Waals surface area (Å²) in [6.45, 7) is 0. The normalized spacial score (nSPS) is 9.68. The minimum absolute atomic E-state index is 0.0384. The third-order valence-corrected chi connectivity index (χ3v) is 2.22. The van der Waals surface area contributed by atoms with Gasteiger partial charge in [-0.15, -0.1) is 0 Å². The molecule has 0 aliphatic rings. The number of aromatic nitrogens is 1. The second-order valence-corrected chi connectivity index (χ2v) is 3.53. The molecule has 1 aromatic heterocycles. The number of benzene rings is 1. The average Bonchev–Trinajstić information content (AvgIpc) is 2.41. The lowest BCUT2D eigenvalue weighted by molar-refractivity contribution is 0.0689. The Hall–Kier alpha value is -2.94. The predicted octanol–water partition coefficient (Wildman–Crippen LogP) is 2.58. The van der Waals surface area contributed by atoms with E-state index < -0.39 is 11.8 Å². The van der Waals surface area contributed by atoms with Crippen molar-refractivity contribution in [3.8, 4) is 17.7 Å². The summed E-state index contributed by atoms with van der Waals surface area (Å²) in [6.07, 6.45) is 0. The van der Waals surface area contributed by atoms with Gasteiger partial charge in [-0.05, 0) is 24.3 Å². The zero-order valence-corrected chi connectivity index (χ0v) is 9.50. The van der Waals surface area contributed by atoms with Crippen LogP contribution in [0.5, 0.6) is 11.6 Å². The van der Waals surface area contributed by atoms with Crippen molar-refractivity contribution in [3.63, 3.8) is 0 Å². The van der Waals surface area contributed by atoms with E-state index in [1.807, 2.05) is 0 Å². The number of pyridine rings is 1. The van der Waals surface area contributed by atoms with Gasteiger partial charge in [-0.3, -0.25) is 0 Å². The molecule has 2 rings (SSSR count). The molecule has 0 atom stereocenters. The molecule has 0 radical (unpaired) electrons. The Morgan fingerprint density at radius 2 is 2.16 bits per heavy atom. The van der Waals surface area contributed by atoms with Gasteiger partial charge in [0, 0.05) is 6.07 Å². The smallest absolute Gasteiger partial charge is 0.354 e. The Bertz CT molecular complexity index is 680. The summed E-state index contributed by atoms with van der Waals surface area (Å²) < 4.78 is 18.7. The van der Waals surface area contributed by atoms with Crippen molar-refractivity contribution in [2.24, 2.45) is 0 Å². The second-order valence-electron chi connectivity index (χ2n) is 3.53. The fourth-order valence-corrected chi connectivity index (χ4v) is 1.36. The summed E-state index contributed by atoms with van der Waals surface area (Å²) >= 11 is 0. The maximum Gasteiger partial charge on any atom is 0.354 e. The molecule has 5 nitrogen and oxygen atoms in total. The molecule has 0 spiro atoms. The van der Waals surface area contributed by atoms with Gasteiger partial charge in [-0.25, -0.2) is 14.2 Å². The van der Waals surface area contributed by atoms with Crippen molar-refractivity contribution in [1.29, 1.82) is 5.26 Å². The fraction of sp³-hybridized carbons (Fsp3) is 0. The Morgan fingerprint density at radius 3 is 2.79 bits per heavy atom. The largest absolute Gasteiger partial charge is 0.477 e. The average molecular weight is 258 g/mol. The highest BCUT2D eigenvalue weighted by molar-refractivity contribution is 5.85. The number of halogens is 1. The van der Waals surface area contributed by atoms with Gasteiger partial charge in [0.25, 0.3) is 0 Å². The number of hydrogen-bond donors (Lipinski definition) is 1. The minimum atomic E-state index is -1.20. The first-order valence-corrected chi connectivity index (χ1v) is 5.18. The number of carbonyl (C=O) groups is 1. The number of carboxylic acid groups (broad SMARTS) is 1. The molecule has 0 amide bonds. The van der Waals surface area contributed by atoms with Gasteiger partial charge in [0.1, 0.15) is 0 Å². The quantitative estimate of drug-likeness (QED) is 0.914. The Morgan fingerprint density at radius 1 is 1.37 bits per heavy atom. The summed E-state index contributed by atoms with van der Waals surface area (Å²) in [5, 5.41) is 17.4. The van der Waals surface area contributed by atoms with Crippen molar-refractivity contribution < 1.29 is 19.0 Å². The lowest BCUT2D eigenvalue weighted by Gasteiger charge is -2.06. The molecule has 0 saturated carbocycles. The number of nitrogens with zero attached hydrogens (tertiary/aromatic N) is 2. The van der Waals surface area contributed by atoms with Crippen LogP contribution in [0.4, 0.5) is 4.39 Å². The Balaban J connectivity index is 2.29. The van der Waals surface area contributed by atoms with Crippen LogP contribution in [-0.2, 0) is 0 Å². The van der Waals surface area contributed by atoms with Crippen LogP contribution in [-0.4, -0.2) is 16.1 Å². The van der Waals surface area contributed by atoms with Crippen LogP contribution >= 0.6 is 0 Å². The van der Waals surface area contributed by atoms with Crippen molar-refractivity contribution in [3.05, 3.63) is 53.5 Å². The summed E-state index contributed by atoms with van der Waals surface area (Å²) in [7, 11) is 0. The first-order valence-electron chi connectivity index (χ1n) is 5.18. The van der Waals surface area contributed by atoms with E-state index in [1.54, 1.807) is 6.07 Å². The van der Waals surface area contributed by atoms with Crippen molar-refractivity contribution >= 4 is 5.97 Å². The minimum Gasteiger partial charge on any atom is -0.477 e. The zero-order valence-electron chi connectivity index (χ0n) is 9.50. The van der Waals surface area contributed by atoms with Gasteiger partial charge in [0.05, 0.1) is 11.6 Å². The van der Waals surface area contributed by atoms with Gasteiger partial charge < -0.3 is 9.84 Å². The van der Waals surface area contributed by atoms with Crippen molar-refractivity contribution in [2.75, 3.05) is 0 Å². The van der Waals surface area contributed by atoms with Crippen LogP contribution in [0.3, 0.4) is 0 Å². The molecule has 6 heteroatoms. The maximum absolute atomic E-state index is 13.6. The third-order valence-electron chi connectivity index (χ3n) is 2.22. The molecule has 19 heavy (non-hydrogen) atoms. The Labute approximate surface area is 107 Å². The van der Waals surface area contributed by atoms with E-state index in [0.717, 1.165) is 6.07 Å². The first-order chi connectivity index (χ1) is 9.10. The van der Waals surface area contributed by atoms with E-state index >= 15 is 0 Å². The fourth-order valence-electron chi connectivity index (χ4n) is 1.36. The lowest BCUT2D eigenvalue weighted by atomic mass is 10.2. The standard InChI is InChI=1S/C13H7FN2O3/c14-9-6-8(7-15)4-5-11(9)19-12-3-1-2-10(16-12)13(17)18/h1-6H,(H,17,18). The number of rotatable bonds is 3. The molecule has 94 valence electrons. The highest BCUT2D eigenvalue weighted by Gasteiger charge is 2.09. The van der Waals surface area contributed by atoms with Crippen LogP contribution in [0.15, 0.2) is 36.4 Å². The molecule has 0 bridgehead atoms. The highest BCUT2D eigenvalue weighted by Crippen LogP contribution is 2.23. The van der Waals surface area contributed by atoms with Crippen LogP contribution in [0.25, 0.3) is 0 Å². The van der Waals surface area contributed by atoms with Gasteiger partial charge in [0.15, 0.2) is 17.3 Å². The molecule has 2 aromatic rings. The molecule has 0 aliphatic carbocycles. The van der Waals surface area contributed by atoms with Crippen molar-refractivity contribution in [2.45, 2.75) is 0 Å². The number of aromatic carboxylic acids is 1. The maximum atomic E-state index is 13.6.